The lowest BCUT2D eigenvalue weighted by Crippen LogP contribution is -2.57. The molecule has 1 aliphatic carbocycles. The van der Waals surface area contributed by atoms with E-state index in [4.69, 9.17) is 10.5 Å². The molecule has 1 aliphatic heterocycles. The largest absolute Gasteiger partial charge is 0.373 e. The van der Waals surface area contributed by atoms with Crippen LogP contribution >= 0.6 is 0 Å². The first-order chi connectivity index (χ1) is 6.15. The Hall–Kier alpha value is -0.120. The fourth-order valence-electron chi connectivity index (χ4n) is 2.44. The quantitative estimate of drug-likeness (QED) is 0.648. The average Bonchev–Trinajstić information content (AvgIpc) is 1.96. The molecule has 0 aromatic carbocycles. The molecule has 0 unspecified atom stereocenters. The van der Waals surface area contributed by atoms with Gasteiger partial charge in [-0.05, 0) is 26.7 Å². The van der Waals surface area contributed by atoms with Crippen molar-refractivity contribution < 1.29 is 4.74 Å². The molecular formula is C10H20N2O. The van der Waals surface area contributed by atoms with Crippen molar-refractivity contribution in [3.63, 3.8) is 0 Å². The summed E-state index contributed by atoms with van der Waals surface area (Å²) in [6.45, 7) is 6.48. The minimum atomic E-state index is 0.389. The predicted octanol–water partition coefficient (Wildman–Crippen LogP) is 0.585. The number of nitrogens with zero attached hydrogens (tertiary/aromatic N) is 1. The van der Waals surface area contributed by atoms with E-state index < -0.39 is 0 Å². The van der Waals surface area contributed by atoms with E-state index in [2.05, 4.69) is 18.7 Å². The molecule has 0 aromatic rings. The van der Waals surface area contributed by atoms with E-state index in [-0.39, 0.29) is 0 Å². The summed E-state index contributed by atoms with van der Waals surface area (Å²) in [6, 6.07) is 1.20. The highest BCUT2D eigenvalue weighted by Crippen LogP contribution is 2.26. The maximum Gasteiger partial charge on any atom is 0.0678 e. The van der Waals surface area contributed by atoms with Gasteiger partial charge in [0.2, 0.25) is 0 Å². The van der Waals surface area contributed by atoms with Crippen LogP contribution in [0.25, 0.3) is 0 Å². The Morgan fingerprint density at radius 1 is 1.15 bits per heavy atom. The molecule has 2 rings (SSSR count). The highest BCUT2D eigenvalue weighted by molar-refractivity contribution is 4.91. The lowest BCUT2D eigenvalue weighted by Gasteiger charge is -2.46. The van der Waals surface area contributed by atoms with Gasteiger partial charge in [-0.3, -0.25) is 4.90 Å². The Morgan fingerprint density at radius 3 is 2.15 bits per heavy atom. The van der Waals surface area contributed by atoms with Crippen LogP contribution in [-0.2, 0) is 4.74 Å². The Bertz CT molecular complexity index is 170. The van der Waals surface area contributed by atoms with Crippen LogP contribution in [0.2, 0.25) is 0 Å². The van der Waals surface area contributed by atoms with Crippen LogP contribution in [0.3, 0.4) is 0 Å². The fraction of sp³-hybridized carbons (Fsp3) is 1.00. The molecule has 1 heterocycles. The number of hydrogen-bond donors (Lipinski definition) is 1. The monoisotopic (exact) mass is 184 g/mol. The molecule has 13 heavy (non-hydrogen) atoms. The number of ether oxygens (including phenoxy) is 1. The summed E-state index contributed by atoms with van der Waals surface area (Å²) < 4.78 is 5.69. The van der Waals surface area contributed by atoms with Crippen LogP contribution in [0.1, 0.15) is 26.7 Å². The summed E-state index contributed by atoms with van der Waals surface area (Å²) in [7, 11) is 0. The third-order valence-electron chi connectivity index (χ3n) is 3.11. The molecule has 0 bridgehead atoms. The Labute approximate surface area is 80.2 Å². The Balaban J connectivity index is 1.85. The molecule has 2 aliphatic rings. The van der Waals surface area contributed by atoms with Crippen molar-refractivity contribution in [2.45, 2.75) is 51.0 Å². The second-order valence-electron chi connectivity index (χ2n) is 4.60. The zero-order valence-corrected chi connectivity index (χ0v) is 8.57. The molecule has 0 radical (unpaired) electrons. The van der Waals surface area contributed by atoms with Gasteiger partial charge in [0.25, 0.3) is 0 Å². The highest BCUT2D eigenvalue weighted by atomic mass is 16.5. The molecule has 1 saturated heterocycles. The van der Waals surface area contributed by atoms with Gasteiger partial charge in [-0.25, -0.2) is 0 Å². The predicted molar refractivity (Wildman–Crippen MR) is 52.6 cm³/mol. The zero-order valence-electron chi connectivity index (χ0n) is 8.57. The van der Waals surface area contributed by atoms with Gasteiger partial charge in [0.1, 0.15) is 0 Å². The van der Waals surface area contributed by atoms with Crippen molar-refractivity contribution in [1.29, 1.82) is 0 Å². The van der Waals surface area contributed by atoms with E-state index in [0.717, 1.165) is 19.1 Å². The van der Waals surface area contributed by atoms with E-state index in [1.807, 2.05) is 0 Å². The van der Waals surface area contributed by atoms with Crippen molar-refractivity contribution in [1.82, 2.24) is 4.90 Å². The van der Waals surface area contributed by atoms with E-state index in [9.17, 15) is 0 Å². The first-order valence-corrected chi connectivity index (χ1v) is 5.30. The Kier molecular flexibility index (Phi) is 2.58. The highest BCUT2D eigenvalue weighted by Gasteiger charge is 2.34. The maximum atomic E-state index is 5.79. The number of nitrogens with two attached hydrogens (primary N) is 1. The molecule has 3 heteroatoms. The van der Waals surface area contributed by atoms with Crippen LogP contribution in [-0.4, -0.2) is 42.3 Å². The van der Waals surface area contributed by atoms with E-state index in [1.165, 1.54) is 12.8 Å². The average molecular weight is 184 g/mol. The van der Waals surface area contributed by atoms with Gasteiger partial charge in [-0.15, -0.1) is 0 Å². The van der Waals surface area contributed by atoms with Crippen molar-refractivity contribution in [3.05, 3.63) is 0 Å². The first-order valence-electron chi connectivity index (χ1n) is 5.30. The van der Waals surface area contributed by atoms with Gasteiger partial charge in [0, 0.05) is 25.2 Å². The van der Waals surface area contributed by atoms with Gasteiger partial charge in [-0.1, -0.05) is 0 Å². The van der Waals surface area contributed by atoms with E-state index in [1.54, 1.807) is 0 Å². The molecular weight excluding hydrogens is 164 g/mol. The standard InChI is InChI=1S/C10H20N2O/c1-7-5-12(6-8(2)13-7)10-3-9(11)4-10/h7-10H,3-6,11H2,1-2H3/t7-,8+,9?,10?. The van der Waals surface area contributed by atoms with Crippen LogP contribution < -0.4 is 5.73 Å². The fourth-order valence-corrected chi connectivity index (χ4v) is 2.44. The van der Waals surface area contributed by atoms with Crippen molar-refractivity contribution >= 4 is 0 Å². The van der Waals surface area contributed by atoms with Gasteiger partial charge >= 0.3 is 0 Å². The third-order valence-corrected chi connectivity index (χ3v) is 3.11. The summed E-state index contributed by atoms with van der Waals surface area (Å²) >= 11 is 0. The van der Waals surface area contributed by atoms with E-state index in [0.29, 0.717) is 18.2 Å². The lowest BCUT2D eigenvalue weighted by molar-refractivity contribution is -0.0913. The topological polar surface area (TPSA) is 38.5 Å². The molecule has 0 amide bonds. The molecule has 0 aromatic heterocycles. The van der Waals surface area contributed by atoms with E-state index >= 15 is 0 Å². The molecule has 2 fully saturated rings. The molecule has 3 nitrogen and oxygen atoms in total. The van der Waals surface area contributed by atoms with Crippen molar-refractivity contribution in [3.8, 4) is 0 Å². The minimum Gasteiger partial charge on any atom is -0.373 e. The lowest BCUT2D eigenvalue weighted by atomic mass is 9.85. The number of rotatable bonds is 1. The molecule has 1 saturated carbocycles. The smallest absolute Gasteiger partial charge is 0.0678 e. The van der Waals surface area contributed by atoms with Crippen LogP contribution in [0, 0.1) is 0 Å². The SMILES string of the molecule is C[C@@H]1CN(C2CC(N)C2)C[C@H](C)O1. The van der Waals surface area contributed by atoms with Gasteiger partial charge in [0.15, 0.2) is 0 Å². The van der Waals surface area contributed by atoms with Crippen LogP contribution in [0.5, 0.6) is 0 Å². The van der Waals surface area contributed by atoms with Gasteiger partial charge < -0.3 is 10.5 Å². The summed E-state index contributed by atoms with van der Waals surface area (Å²) in [5.41, 5.74) is 5.79. The van der Waals surface area contributed by atoms with Gasteiger partial charge in [-0.2, -0.15) is 0 Å². The third kappa shape index (κ3) is 2.03. The number of morpholine rings is 1. The second-order valence-corrected chi connectivity index (χ2v) is 4.60. The molecule has 76 valence electrons. The normalized spacial score (nSPS) is 47.3. The number of hydrogen-bond acceptors (Lipinski definition) is 3. The van der Waals surface area contributed by atoms with Crippen LogP contribution in [0.15, 0.2) is 0 Å². The first kappa shape index (κ1) is 9.44. The minimum absolute atomic E-state index is 0.389. The summed E-state index contributed by atoms with van der Waals surface area (Å²) in [4.78, 5) is 2.54. The molecule has 0 spiro atoms. The molecule has 2 atom stereocenters. The summed E-state index contributed by atoms with van der Waals surface area (Å²) in [5.74, 6) is 0. The second kappa shape index (κ2) is 3.56. The van der Waals surface area contributed by atoms with Crippen LogP contribution in [0.4, 0.5) is 0 Å². The molecule has 2 N–H and O–H groups in total. The maximum absolute atomic E-state index is 5.79. The van der Waals surface area contributed by atoms with Gasteiger partial charge in [0.05, 0.1) is 12.2 Å². The van der Waals surface area contributed by atoms with Crippen molar-refractivity contribution in [2.75, 3.05) is 13.1 Å². The summed E-state index contributed by atoms with van der Waals surface area (Å²) in [6.07, 6.45) is 3.14. The zero-order chi connectivity index (χ0) is 9.42. The summed E-state index contributed by atoms with van der Waals surface area (Å²) in [5, 5.41) is 0. The van der Waals surface area contributed by atoms with Crippen molar-refractivity contribution in [2.24, 2.45) is 5.73 Å². The Morgan fingerprint density at radius 2 is 1.69 bits per heavy atom.